The highest BCUT2D eigenvalue weighted by Crippen LogP contribution is 2.32. The minimum absolute atomic E-state index is 0.0406. The van der Waals surface area contributed by atoms with Gasteiger partial charge in [0.25, 0.3) is 0 Å². The fourth-order valence-electron chi connectivity index (χ4n) is 2.29. The topological polar surface area (TPSA) is 81.4 Å². The van der Waals surface area contributed by atoms with Crippen LogP contribution in [0.15, 0.2) is 14.7 Å². The molecule has 8 heteroatoms. The molecule has 5 nitrogen and oxygen atoms in total. The van der Waals surface area contributed by atoms with Gasteiger partial charge in [0.1, 0.15) is 4.90 Å². The summed E-state index contributed by atoms with van der Waals surface area (Å²) in [6, 6.07) is 1.47. The molecule has 1 fully saturated rings. The first-order valence-corrected chi connectivity index (χ1v) is 9.10. The van der Waals surface area contributed by atoms with E-state index in [1.807, 2.05) is 0 Å². The van der Waals surface area contributed by atoms with Crippen molar-refractivity contribution in [3.8, 4) is 0 Å². The molecule has 2 rings (SSSR count). The van der Waals surface area contributed by atoms with E-state index in [0.29, 0.717) is 10.3 Å². The number of rotatable bonds is 5. The van der Waals surface area contributed by atoms with Gasteiger partial charge in [-0.1, -0.05) is 0 Å². The smallest absolute Gasteiger partial charge is 0.242 e. The summed E-state index contributed by atoms with van der Waals surface area (Å²) in [5.41, 5.74) is 5.54. The molecule has 2 unspecified atom stereocenters. The van der Waals surface area contributed by atoms with E-state index < -0.39 is 10.0 Å². The molecule has 0 saturated heterocycles. The summed E-state index contributed by atoms with van der Waals surface area (Å²) in [6.45, 7) is 0.336. The Kier molecular flexibility index (Phi) is 5.02. The zero-order chi connectivity index (χ0) is 14.0. The van der Waals surface area contributed by atoms with Gasteiger partial charge in [-0.2, -0.15) is 0 Å². The highest BCUT2D eigenvalue weighted by Gasteiger charge is 2.32. The third-order valence-corrected chi connectivity index (χ3v) is 7.02. The van der Waals surface area contributed by atoms with Gasteiger partial charge in [0.05, 0.1) is 9.89 Å². The number of ether oxygens (including phenoxy) is 1. The molecule has 1 aliphatic carbocycles. The van der Waals surface area contributed by atoms with E-state index in [4.69, 9.17) is 10.5 Å². The maximum Gasteiger partial charge on any atom is 0.242 e. The number of nitrogens with two attached hydrogens (primary N) is 1. The van der Waals surface area contributed by atoms with Gasteiger partial charge >= 0.3 is 0 Å². The monoisotopic (exact) mass is 368 g/mol. The normalized spacial score (nSPS) is 23.9. The summed E-state index contributed by atoms with van der Waals surface area (Å²) < 4.78 is 33.4. The molecule has 1 aromatic heterocycles. The zero-order valence-electron chi connectivity index (χ0n) is 10.6. The van der Waals surface area contributed by atoms with Crippen LogP contribution in [0.25, 0.3) is 0 Å². The number of methoxy groups -OCH3 is 1. The number of thiophene rings is 1. The second-order valence-corrected chi connectivity index (χ2v) is 8.62. The van der Waals surface area contributed by atoms with Crippen molar-refractivity contribution in [2.24, 2.45) is 5.73 Å². The van der Waals surface area contributed by atoms with Crippen molar-refractivity contribution >= 4 is 37.3 Å². The number of hydrogen-bond donors (Lipinski definition) is 2. The molecule has 108 valence electrons. The molecule has 2 atom stereocenters. The molecule has 0 spiro atoms. The van der Waals surface area contributed by atoms with Crippen molar-refractivity contribution < 1.29 is 13.2 Å². The van der Waals surface area contributed by atoms with Crippen molar-refractivity contribution in [1.82, 2.24) is 4.72 Å². The summed E-state index contributed by atoms with van der Waals surface area (Å²) >= 11 is 4.63. The number of sulfonamides is 1. The van der Waals surface area contributed by atoms with Gasteiger partial charge in [-0.25, -0.2) is 13.1 Å². The summed E-state index contributed by atoms with van der Waals surface area (Å²) in [4.78, 5) is 1.10. The number of halogens is 1. The van der Waals surface area contributed by atoms with E-state index >= 15 is 0 Å². The van der Waals surface area contributed by atoms with Crippen LogP contribution in [0, 0.1) is 0 Å². The Balaban J connectivity index is 2.20. The molecule has 1 saturated carbocycles. The van der Waals surface area contributed by atoms with Crippen LogP contribution in [0.2, 0.25) is 0 Å². The predicted molar refractivity (Wildman–Crippen MR) is 78.7 cm³/mol. The Morgan fingerprint density at radius 2 is 2.32 bits per heavy atom. The average molecular weight is 369 g/mol. The Hall–Kier alpha value is 0.01000. The van der Waals surface area contributed by atoms with E-state index in [1.165, 1.54) is 11.3 Å². The van der Waals surface area contributed by atoms with E-state index in [-0.39, 0.29) is 17.0 Å². The quantitative estimate of drug-likeness (QED) is 0.830. The molecule has 0 aliphatic heterocycles. The maximum atomic E-state index is 12.4. The lowest BCUT2D eigenvalue weighted by Crippen LogP contribution is -2.40. The van der Waals surface area contributed by atoms with Crippen molar-refractivity contribution in [2.45, 2.75) is 42.8 Å². The van der Waals surface area contributed by atoms with Gasteiger partial charge in [0.15, 0.2) is 0 Å². The largest absolute Gasteiger partial charge is 0.380 e. The highest BCUT2D eigenvalue weighted by molar-refractivity contribution is 9.11. The van der Waals surface area contributed by atoms with Crippen molar-refractivity contribution in [3.63, 3.8) is 0 Å². The van der Waals surface area contributed by atoms with Crippen LogP contribution in [0.5, 0.6) is 0 Å². The van der Waals surface area contributed by atoms with Crippen LogP contribution in [0.3, 0.4) is 0 Å². The molecule has 1 aromatic rings. The van der Waals surface area contributed by atoms with Gasteiger partial charge in [0.2, 0.25) is 10.0 Å². The van der Waals surface area contributed by atoms with E-state index in [9.17, 15) is 8.42 Å². The molecule has 1 heterocycles. The zero-order valence-corrected chi connectivity index (χ0v) is 13.8. The van der Waals surface area contributed by atoms with Crippen molar-refractivity contribution in [1.29, 1.82) is 0 Å². The van der Waals surface area contributed by atoms with E-state index in [0.717, 1.165) is 24.1 Å². The van der Waals surface area contributed by atoms with Crippen LogP contribution in [-0.4, -0.2) is 27.7 Å². The van der Waals surface area contributed by atoms with Crippen LogP contribution < -0.4 is 10.5 Å². The molecule has 0 amide bonds. The third kappa shape index (κ3) is 3.37. The Labute approximate surface area is 125 Å². The summed E-state index contributed by atoms with van der Waals surface area (Å²) in [6.07, 6.45) is 2.64. The summed E-state index contributed by atoms with van der Waals surface area (Å²) in [7, 11) is -1.91. The molecule has 19 heavy (non-hydrogen) atoms. The molecule has 3 N–H and O–H groups in total. The Bertz CT molecular complexity index is 544. The minimum atomic E-state index is -3.53. The van der Waals surface area contributed by atoms with Crippen molar-refractivity contribution in [2.75, 3.05) is 7.11 Å². The second-order valence-electron chi connectivity index (χ2n) is 4.49. The van der Waals surface area contributed by atoms with E-state index in [1.54, 1.807) is 13.2 Å². The highest BCUT2D eigenvalue weighted by atomic mass is 79.9. The lowest BCUT2D eigenvalue weighted by molar-refractivity contribution is 0.0916. The number of nitrogens with one attached hydrogen (secondary N) is 1. The van der Waals surface area contributed by atoms with Crippen LogP contribution >= 0.6 is 27.3 Å². The Morgan fingerprint density at radius 1 is 1.58 bits per heavy atom. The molecule has 0 radical (unpaired) electrons. The first-order valence-electron chi connectivity index (χ1n) is 6.01. The van der Waals surface area contributed by atoms with Gasteiger partial charge in [-0.3, -0.25) is 0 Å². The molecule has 1 aliphatic rings. The standard InChI is InChI=1S/C11H17BrN2O3S2/c1-17-9-4-2-3-8(9)14-19(15,16)10-5-7(6-13)18-11(10)12/h5,8-9,14H,2-4,6,13H2,1H3. The second kappa shape index (κ2) is 6.19. The van der Waals surface area contributed by atoms with Crippen LogP contribution in [0.1, 0.15) is 24.1 Å². The van der Waals surface area contributed by atoms with Crippen LogP contribution in [0.4, 0.5) is 0 Å². The average Bonchev–Trinajstić information content (AvgIpc) is 2.95. The molecular formula is C11H17BrN2O3S2. The van der Waals surface area contributed by atoms with Gasteiger partial charge in [-0.15, -0.1) is 11.3 Å². The molecular weight excluding hydrogens is 352 g/mol. The lowest BCUT2D eigenvalue weighted by Gasteiger charge is -2.19. The fourth-order valence-corrected chi connectivity index (χ4v) is 6.15. The third-order valence-electron chi connectivity index (χ3n) is 3.26. The first-order chi connectivity index (χ1) is 8.97. The predicted octanol–water partition coefficient (Wildman–Crippen LogP) is 1.82. The summed E-state index contributed by atoms with van der Waals surface area (Å²) in [5.74, 6) is 0. The van der Waals surface area contributed by atoms with Crippen LogP contribution in [-0.2, 0) is 21.3 Å². The minimum Gasteiger partial charge on any atom is -0.380 e. The van der Waals surface area contributed by atoms with Gasteiger partial charge < -0.3 is 10.5 Å². The number of hydrogen-bond acceptors (Lipinski definition) is 5. The van der Waals surface area contributed by atoms with Gasteiger partial charge in [0, 0.05) is 24.6 Å². The molecule has 0 bridgehead atoms. The maximum absolute atomic E-state index is 12.4. The van der Waals surface area contributed by atoms with Crippen molar-refractivity contribution in [3.05, 3.63) is 14.7 Å². The summed E-state index contributed by atoms with van der Waals surface area (Å²) in [5, 5.41) is 0. The SMILES string of the molecule is COC1CCCC1NS(=O)(=O)c1cc(CN)sc1Br. The first kappa shape index (κ1) is 15.4. The van der Waals surface area contributed by atoms with Gasteiger partial charge in [-0.05, 0) is 41.3 Å². The Morgan fingerprint density at radius 3 is 2.89 bits per heavy atom. The lowest BCUT2D eigenvalue weighted by atomic mass is 10.2. The van der Waals surface area contributed by atoms with E-state index in [2.05, 4.69) is 20.7 Å². The fraction of sp³-hybridized carbons (Fsp3) is 0.636. The molecule has 0 aromatic carbocycles.